The molecule has 1 saturated heterocycles. The van der Waals surface area contributed by atoms with E-state index in [9.17, 15) is 13.2 Å². The molecule has 6 nitrogen and oxygen atoms in total. The van der Waals surface area contributed by atoms with Crippen molar-refractivity contribution in [2.75, 3.05) is 26.2 Å². The topological polar surface area (TPSA) is 70.9 Å². The van der Waals surface area contributed by atoms with E-state index in [4.69, 9.17) is 0 Å². The van der Waals surface area contributed by atoms with Crippen LogP contribution >= 0.6 is 0 Å². The second-order valence-corrected chi connectivity index (χ2v) is 10.8. The number of aryl methyl sites for hydroxylation is 2. The second kappa shape index (κ2) is 9.14. The number of hydrogen-bond donors (Lipinski definition) is 2. The average molecular weight is 423 g/mol. The van der Waals surface area contributed by atoms with Crippen LogP contribution in [-0.2, 0) is 14.8 Å². The number of benzene rings is 1. The van der Waals surface area contributed by atoms with E-state index < -0.39 is 10.0 Å². The highest BCUT2D eigenvalue weighted by atomic mass is 32.2. The van der Waals surface area contributed by atoms with Crippen LogP contribution in [0.1, 0.15) is 50.7 Å². The molecule has 1 aliphatic heterocycles. The summed E-state index contributed by atoms with van der Waals surface area (Å²) in [6.45, 7) is 10.3. The van der Waals surface area contributed by atoms with Crippen molar-refractivity contribution in [3.8, 4) is 0 Å². The molecule has 7 heteroatoms. The minimum atomic E-state index is -3.48. The van der Waals surface area contributed by atoms with Crippen LogP contribution in [0, 0.1) is 19.8 Å². The standard InChI is InChI=1S/C22H35N3O3S/c1-16-9-10-20(15-18(16)3)29(27,28)25-13-11-24(12-14-25)19(4)22(26)23-21-8-6-5-7-17(21)2/h9-10,15,17,19,21H,5-8,11-14H2,1-4H3,(H,23,26)/p+1/t17-,19+,21+/m0/s1. The highest BCUT2D eigenvalue weighted by Gasteiger charge is 2.35. The molecule has 3 atom stereocenters. The number of hydrogen-bond acceptors (Lipinski definition) is 3. The van der Waals surface area contributed by atoms with Gasteiger partial charge in [-0.05, 0) is 62.8 Å². The van der Waals surface area contributed by atoms with Crippen molar-refractivity contribution in [2.24, 2.45) is 5.92 Å². The second-order valence-electron chi connectivity index (χ2n) is 8.91. The van der Waals surface area contributed by atoms with E-state index >= 15 is 0 Å². The van der Waals surface area contributed by atoms with Gasteiger partial charge in [-0.25, -0.2) is 8.42 Å². The Morgan fingerprint density at radius 1 is 1.14 bits per heavy atom. The third-order valence-corrected chi connectivity index (χ3v) is 8.82. The van der Waals surface area contributed by atoms with Crippen molar-refractivity contribution in [2.45, 2.75) is 70.4 Å². The molecular formula is C22H36N3O3S+. The number of amides is 1. The van der Waals surface area contributed by atoms with Crippen LogP contribution in [0.3, 0.4) is 0 Å². The van der Waals surface area contributed by atoms with E-state index in [0.717, 1.165) is 22.4 Å². The van der Waals surface area contributed by atoms with Crippen LogP contribution in [0.2, 0.25) is 0 Å². The third kappa shape index (κ3) is 5.01. The monoisotopic (exact) mass is 422 g/mol. The fourth-order valence-corrected chi connectivity index (χ4v) is 6.02. The number of piperazine rings is 1. The van der Waals surface area contributed by atoms with E-state index in [-0.39, 0.29) is 18.0 Å². The number of carbonyl (C=O) groups is 1. The smallest absolute Gasteiger partial charge is 0.278 e. The van der Waals surface area contributed by atoms with Gasteiger partial charge in [0.15, 0.2) is 6.04 Å². The Labute approximate surface area is 175 Å². The van der Waals surface area contributed by atoms with Gasteiger partial charge in [0.05, 0.1) is 31.1 Å². The molecule has 0 spiro atoms. The third-order valence-electron chi connectivity index (χ3n) is 6.93. The summed E-state index contributed by atoms with van der Waals surface area (Å²) >= 11 is 0. The molecule has 0 unspecified atom stereocenters. The van der Waals surface area contributed by atoms with Gasteiger partial charge >= 0.3 is 0 Å². The zero-order valence-corrected chi connectivity index (χ0v) is 19.0. The maximum Gasteiger partial charge on any atom is 0.278 e. The number of sulfonamides is 1. The lowest BCUT2D eigenvalue weighted by molar-refractivity contribution is -0.917. The van der Waals surface area contributed by atoms with Crippen LogP contribution in [0.15, 0.2) is 23.1 Å². The Morgan fingerprint density at radius 3 is 2.41 bits per heavy atom. The zero-order chi connectivity index (χ0) is 21.2. The van der Waals surface area contributed by atoms with Crippen molar-refractivity contribution in [3.05, 3.63) is 29.3 Å². The molecule has 2 N–H and O–H groups in total. The lowest BCUT2D eigenvalue weighted by atomic mass is 9.86. The summed E-state index contributed by atoms with van der Waals surface area (Å²) in [6.07, 6.45) is 4.69. The Morgan fingerprint density at radius 2 is 1.79 bits per heavy atom. The van der Waals surface area contributed by atoms with Crippen LogP contribution in [0.25, 0.3) is 0 Å². The van der Waals surface area contributed by atoms with Gasteiger partial charge in [0.25, 0.3) is 5.91 Å². The van der Waals surface area contributed by atoms with Gasteiger partial charge in [0.1, 0.15) is 0 Å². The molecule has 0 bridgehead atoms. The van der Waals surface area contributed by atoms with E-state index in [1.165, 1.54) is 19.3 Å². The fraction of sp³-hybridized carbons (Fsp3) is 0.682. The molecule has 1 saturated carbocycles. The molecule has 1 aromatic rings. The highest BCUT2D eigenvalue weighted by Crippen LogP contribution is 2.23. The van der Waals surface area contributed by atoms with E-state index in [1.54, 1.807) is 16.4 Å². The number of nitrogens with zero attached hydrogens (tertiary/aromatic N) is 1. The van der Waals surface area contributed by atoms with Gasteiger partial charge in [0, 0.05) is 6.04 Å². The van der Waals surface area contributed by atoms with Crippen molar-refractivity contribution >= 4 is 15.9 Å². The maximum atomic E-state index is 13.0. The first-order chi connectivity index (χ1) is 13.7. The first-order valence-corrected chi connectivity index (χ1v) is 12.4. The normalized spacial score (nSPS) is 25.5. The summed E-state index contributed by atoms with van der Waals surface area (Å²) in [5.41, 5.74) is 2.07. The molecule has 2 aliphatic rings. The predicted octanol–water partition coefficient (Wildman–Crippen LogP) is 1.28. The van der Waals surface area contributed by atoms with Crippen LogP contribution in [0.5, 0.6) is 0 Å². The van der Waals surface area contributed by atoms with E-state index in [0.29, 0.717) is 37.0 Å². The van der Waals surface area contributed by atoms with E-state index in [1.807, 2.05) is 26.8 Å². The van der Waals surface area contributed by atoms with Gasteiger partial charge in [-0.1, -0.05) is 25.8 Å². The van der Waals surface area contributed by atoms with Gasteiger partial charge in [-0.2, -0.15) is 4.31 Å². The largest absolute Gasteiger partial charge is 0.348 e. The molecule has 0 aromatic heterocycles. The fourth-order valence-electron chi connectivity index (χ4n) is 4.49. The number of rotatable bonds is 5. The summed E-state index contributed by atoms with van der Waals surface area (Å²) in [5.74, 6) is 0.638. The summed E-state index contributed by atoms with van der Waals surface area (Å²) in [4.78, 5) is 14.3. The lowest BCUT2D eigenvalue weighted by Gasteiger charge is -2.36. The molecule has 29 heavy (non-hydrogen) atoms. The Hall–Kier alpha value is -1.44. The van der Waals surface area contributed by atoms with Crippen LogP contribution in [0.4, 0.5) is 0 Å². The van der Waals surface area contributed by atoms with Crippen LogP contribution < -0.4 is 10.2 Å². The maximum absolute atomic E-state index is 13.0. The van der Waals surface area contributed by atoms with Gasteiger partial charge in [-0.15, -0.1) is 0 Å². The molecule has 1 heterocycles. The van der Waals surface area contributed by atoms with E-state index in [2.05, 4.69) is 12.2 Å². The summed E-state index contributed by atoms with van der Waals surface area (Å²) in [7, 11) is -3.48. The quantitative estimate of drug-likeness (QED) is 0.751. The number of quaternary nitrogens is 1. The first kappa shape index (κ1) is 22.2. The molecule has 1 aromatic carbocycles. The predicted molar refractivity (Wildman–Crippen MR) is 114 cm³/mol. The minimum absolute atomic E-state index is 0.101. The van der Waals surface area contributed by atoms with Crippen LogP contribution in [-0.4, -0.2) is 56.9 Å². The SMILES string of the molecule is Cc1ccc(S(=O)(=O)N2CC[NH+]([C@H](C)C(=O)N[C@@H]3CCCC[C@@H]3C)CC2)cc1C. The van der Waals surface area contributed by atoms with Gasteiger partial charge in [0.2, 0.25) is 10.0 Å². The molecule has 162 valence electrons. The van der Waals surface area contributed by atoms with Crippen molar-refractivity contribution in [1.82, 2.24) is 9.62 Å². The Kier molecular flexibility index (Phi) is 7.02. The Balaban J connectivity index is 1.57. The average Bonchev–Trinajstić information content (AvgIpc) is 2.71. The number of carbonyl (C=O) groups excluding carboxylic acids is 1. The van der Waals surface area contributed by atoms with Gasteiger partial charge < -0.3 is 10.2 Å². The van der Waals surface area contributed by atoms with Crippen molar-refractivity contribution in [1.29, 1.82) is 0 Å². The Bertz CT molecular complexity index is 832. The minimum Gasteiger partial charge on any atom is -0.348 e. The summed E-state index contributed by atoms with van der Waals surface area (Å²) < 4.78 is 27.6. The van der Waals surface area contributed by atoms with Gasteiger partial charge in [-0.3, -0.25) is 4.79 Å². The summed E-state index contributed by atoms with van der Waals surface area (Å²) in [5, 5.41) is 3.25. The lowest BCUT2D eigenvalue weighted by Crippen LogP contribution is -3.19. The zero-order valence-electron chi connectivity index (χ0n) is 18.2. The molecule has 1 aliphatic carbocycles. The molecule has 0 radical (unpaired) electrons. The molecule has 3 rings (SSSR count). The highest BCUT2D eigenvalue weighted by molar-refractivity contribution is 7.89. The summed E-state index contributed by atoms with van der Waals surface area (Å²) in [6, 6.07) is 5.44. The number of nitrogens with one attached hydrogen (secondary N) is 2. The molecule has 1 amide bonds. The molecular weight excluding hydrogens is 386 g/mol. The van der Waals surface area contributed by atoms with Crippen molar-refractivity contribution < 1.29 is 18.1 Å². The first-order valence-electron chi connectivity index (χ1n) is 10.9. The van der Waals surface area contributed by atoms with Crippen molar-refractivity contribution in [3.63, 3.8) is 0 Å². The molecule has 2 fully saturated rings.